The van der Waals surface area contributed by atoms with E-state index in [-0.39, 0.29) is 5.82 Å². The summed E-state index contributed by atoms with van der Waals surface area (Å²) in [5.41, 5.74) is 2.50. The zero-order valence-electron chi connectivity index (χ0n) is 11.7. The van der Waals surface area contributed by atoms with Crippen LogP contribution in [0.2, 0.25) is 0 Å². The summed E-state index contributed by atoms with van der Waals surface area (Å²) in [6.07, 6.45) is 4.77. The Kier molecular flexibility index (Phi) is 3.85. The Balaban J connectivity index is 1.57. The molecular formula is C16H23FN2. The van der Waals surface area contributed by atoms with Crippen LogP contribution >= 0.6 is 0 Å². The van der Waals surface area contributed by atoms with Gasteiger partial charge in [-0.15, -0.1) is 0 Å². The molecule has 2 nitrogen and oxygen atoms in total. The van der Waals surface area contributed by atoms with Gasteiger partial charge in [-0.3, -0.25) is 0 Å². The van der Waals surface area contributed by atoms with Crippen LogP contribution in [0.5, 0.6) is 0 Å². The minimum Gasteiger partial charge on any atom is -0.310 e. The standard InChI is InChI=1S/C16H23FN2/c1-19-8-2-3-12(11-19)10-18-16-7-4-13-9-14(17)5-6-15(13)16/h5-6,9,12,16,18H,2-4,7-8,10-11H2,1H3. The van der Waals surface area contributed by atoms with Gasteiger partial charge in [0.25, 0.3) is 0 Å². The molecule has 1 saturated heterocycles. The normalized spacial score (nSPS) is 27.5. The highest BCUT2D eigenvalue weighted by molar-refractivity contribution is 5.34. The number of aryl methyl sites for hydroxylation is 1. The molecular weight excluding hydrogens is 239 g/mol. The second-order valence-corrected chi connectivity index (χ2v) is 6.11. The Bertz CT molecular complexity index is 446. The van der Waals surface area contributed by atoms with Gasteiger partial charge in [0.2, 0.25) is 0 Å². The molecule has 1 aliphatic heterocycles. The Morgan fingerprint density at radius 3 is 3.11 bits per heavy atom. The molecule has 1 aromatic carbocycles. The highest BCUT2D eigenvalue weighted by atomic mass is 19.1. The fourth-order valence-electron chi connectivity index (χ4n) is 3.55. The molecule has 1 fully saturated rings. The molecule has 0 saturated carbocycles. The first-order valence-corrected chi connectivity index (χ1v) is 7.42. The number of likely N-dealkylation sites (tertiary alicyclic amines) is 1. The van der Waals surface area contributed by atoms with E-state index in [1.54, 1.807) is 12.1 Å². The molecule has 0 spiro atoms. The first-order valence-electron chi connectivity index (χ1n) is 7.42. The maximum Gasteiger partial charge on any atom is 0.123 e. The number of fused-ring (bicyclic) bond motifs is 1. The van der Waals surface area contributed by atoms with Crippen molar-refractivity contribution in [1.82, 2.24) is 10.2 Å². The molecule has 0 aromatic heterocycles. The third-order valence-corrected chi connectivity index (χ3v) is 4.56. The van der Waals surface area contributed by atoms with Gasteiger partial charge in [0, 0.05) is 12.6 Å². The number of rotatable bonds is 3. The summed E-state index contributed by atoms with van der Waals surface area (Å²) in [5, 5.41) is 3.70. The Labute approximate surface area is 115 Å². The third kappa shape index (κ3) is 2.98. The van der Waals surface area contributed by atoms with Crippen molar-refractivity contribution in [2.45, 2.75) is 31.7 Å². The van der Waals surface area contributed by atoms with Gasteiger partial charge in [0.05, 0.1) is 0 Å². The van der Waals surface area contributed by atoms with E-state index in [2.05, 4.69) is 17.3 Å². The quantitative estimate of drug-likeness (QED) is 0.901. The lowest BCUT2D eigenvalue weighted by Crippen LogP contribution is -2.38. The van der Waals surface area contributed by atoms with Crippen molar-refractivity contribution in [2.24, 2.45) is 5.92 Å². The van der Waals surface area contributed by atoms with Gasteiger partial charge in [-0.1, -0.05) is 6.07 Å². The molecule has 2 aliphatic rings. The average Bonchev–Trinajstić information content (AvgIpc) is 2.78. The largest absolute Gasteiger partial charge is 0.310 e. The third-order valence-electron chi connectivity index (χ3n) is 4.56. The van der Waals surface area contributed by atoms with Crippen LogP contribution in [0.4, 0.5) is 4.39 Å². The lowest BCUT2D eigenvalue weighted by molar-refractivity contribution is 0.202. The average molecular weight is 262 g/mol. The number of nitrogens with zero attached hydrogens (tertiary/aromatic N) is 1. The molecule has 2 atom stereocenters. The topological polar surface area (TPSA) is 15.3 Å². The van der Waals surface area contributed by atoms with Gasteiger partial charge in [-0.05, 0) is 75.0 Å². The summed E-state index contributed by atoms with van der Waals surface area (Å²) in [6.45, 7) is 3.53. The SMILES string of the molecule is CN1CCCC(CNC2CCc3cc(F)ccc32)C1. The predicted molar refractivity (Wildman–Crippen MR) is 75.7 cm³/mol. The van der Waals surface area contributed by atoms with Crippen LogP contribution in [0, 0.1) is 11.7 Å². The first kappa shape index (κ1) is 13.1. The van der Waals surface area contributed by atoms with E-state index in [9.17, 15) is 4.39 Å². The van der Waals surface area contributed by atoms with Crippen LogP contribution in [0.15, 0.2) is 18.2 Å². The summed E-state index contributed by atoms with van der Waals surface area (Å²) >= 11 is 0. The number of halogens is 1. The lowest BCUT2D eigenvalue weighted by Gasteiger charge is -2.30. The van der Waals surface area contributed by atoms with Crippen LogP contribution in [0.3, 0.4) is 0 Å². The summed E-state index contributed by atoms with van der Waals surface area (Å²) in [5.74, 6) is 0.663. The second-order valence-electron chi connectivity index (χ2n) is 6.11. The second kappa shape index (κ2) is 5.59. The molecule has 3 heteroatoms. The van der Waals surface area contributed by atoms with Crippen molar-refractivity contribution in [3.8, 4) is 0 Å². The van der Waals surface area contributed by atoms with Crippen molar-refractivity contribution >= 4 is 0 Å². The van der Waals surface area contributed by atoms with E-state index in [1.807, 2.05) is 6.07 Å². The van der Waals surface area contributed by atoms with Crippen LogP contribution in [-0.2, 0) is 6.42 Å². The first-order chi connectivity index (χ1) is 9.22. The maximum absolute atomic E-state index is 13.2. The summed E-state index contributed by atoms with van der Waals surface area (Å²) in [6, 6.07) is 5.68. The molecule has 0 bridgehead atoms. The van der Waals surface area contributed by atoms with Gasteiger partial charge in [-0.25, -0.2) is 4.39 Å². The molecule has 19 heavy (non-hydrogen) atoms. The molecule has 1 heterocycles. The highest BCUT2D eigenvalue weighted by Crippen LogP contribution is 2.31. The van der Waals surface area contributed by atoms with Crippen molar-refractivity contribution in [3.05, 3.63) is 35.1 Å². The molecule has 2 unspecified atom stereocenters. The van der Waals surface area contributed by atoms with Gasteiger partial charge in [0.15, 0.2) is 0 Å². The summed E-state index contributed by atoms with van der Waals surface area (Å²) in [7, 11) is 2.21. The zero-order chi connectivity index (χ0) is 13.2. The molecule has 1 aromatic rings. The number of piperidine rings is 1. The molecule has 3 rings (SSSR count). The smallest absolute Gasteiger partial charge is 0.123 e. The van der Waals surface area contributed by atoms with Gasteiger partial charge in [0.1, 0.15) is 5.82 Å². The molecule has 1 aliphatic carbocycles. The van der Waals surface area contributed by atoms with Gasteiger partial charge < -0.3 is 10.2 Å². The maximum atomic E-state index is 13.2. The molecule has 0 amide bonds. The minimum atomic E-state index is -0.103. The Morgan fingerprint density at radius 1 is 1.37 bits per heavy atom. The van der Waals surface area contributed by atoms with Gasteiger partial charge in [-0.2, -0.15) is 0 Å². The fourth-order valence-corrected chi connectivity index (χ4v) is 3.55. The number of hydrogen-bond donors (Lipinski definition) is 1. The zero-order valence-corrected chi connectivity index (χ0v) is 11.7. The van der Waals surface area contributed by atoms with Crippen LogP contribution in [0.1, 0.15) is 36.4 Å². The van der Waals surface area contributed by atoms with Crippen molar-refractivity contribution in [1.29, 1.82) is 0 Å². The van der Waals surface area contributed by atoms with E-state index >= 15 is 0 Å². The van der Waals surface area contributed by atoms with Crippen molar-refractivity contribution in [2.75, 3.05) is 26.7 Å². The summed E-state index contributed by atoms with van der Waals surface area (Å²) in [4.78, 5) is 2.42. The van der Waals surface area contributed by atoms with Crippen LogP contribution in [-0.4, -0.2) is 31.6 Å². The number of hydrogen-bond acceptors (Lipinski definition) is 2. The lowest BCUT2D eigenvalue weighted by atomic mass is 9.97. The fraction of sp³-hybridized carbons (Fsp3) is 0.625. The van der Waals surface area contributed by atoms with Crippen LogP contribution < -0.4 is 5.32 Å². The Morgan fingerprint density at radius 2 is 2.26 bits per heavy atom. The number of nitrogens with one attached hydrogen (secondary N) is 1. The minimum absolute atomic E-state index is 0.103. The monoisotopic (exact) mass is 262 g/mol. The molecule has 0 radical (unpaired) electrons. The van der Waals surface area contributed by atoms with E-state index in [4.69, 9.17) is 0 Å². The number of benzene rings is 1. The van der Waals surface area contributed by atoms with E-state index in [0.29, 0.717) is 6.04 Å². The summed E-state index contributed by atoms with van der Waals surface area (Å²) < 4.78 is 13.2. The van der Waals surface area contributed by atoms with Crippen molar-refractivity contribution < 1.29 is 4.39 Å². The Hall–Kier alpha value is -0.930. The molecule has 104 valence electrons. The van der Waals surface area contributed by atoms with E-state index in [1.165, 1.54) is 37.1 Å². The predicted octanol–water partition coefficient (Wildman–Crippen LogP) is 2.74. The van der Waals surface area contributed by atoms with Crippen LogP contribution in [0.25, 0.3) is 0 Å². The van der Waals surface area contributed by atoms with E-state index < -0.39 is 0 Å². The molecule has 1 N–H and O–H groups in total. The highest BCUT2D eigenvalue weighted by Gasteiger charge is 2.24. The van der Waals surface area contributed by atoms with Crippen molar-refractivity contribution in [3.63, 3.8) is 0 Å². The van der Waals surface area contributed by atoms with Gasteiger partial charge >= 0.3 is 0 Å². The van der Waals surface area contributed by atoms with E-state index in [0.717, 1.165) is 25.3 Å².